The summed E-state index contributed by atoms with van der Waals surface area (Å²) in [5.74, 6) is 0.419. The van der Waals surface area contributed by atoms with Crippen molar-refractivity contribution in [1.82, 2.24) is 10.2 Å². The summed E-state index contributed by atoms with van der Waals surface area (Å²) in [6.07, 6.45) is 4.29. The van der Waals surface area contributed by atoms with E-state index in [2.05, 4.69) is 21.2 Å². The molecule has 0 unspecified atom stereocenters. The van der Waals surface area contributed by atoms with Crippen molar-refractivity contribution >= 4 is 43.5 Å². The van der Waals surface area contributed by atoms with Crippen molar-refractivity contribution in [3.8, 4) is 11.5 Å². The lowest BCUT2D eigenvalue weighted by molar-refractivity contribution is -0.140. The summed E-state index contributed by atoms with van der Waals surface area (Å²) in [7, 11) is -1.14. The van der Waals surface area contributed by atoms with Crippen LogP contribution in [0.4, 0.5) is 5.69 Å². The third kappa shape index (κ3) is 7.92. The number of carbonyl (C=O) groups is 2. The molecule has 236 valence electrons. The molecule has 1 atom stereocenters. The molecule has 4 rings (SSSR count). The number of hydrogen-bond acceptors (Lipinski definition) is 6. The molecule has 0 radical (unpaired) electrons. The highest BCUT2D eigenvalue weighted by atomic mass is 79.9. The molecule has 44 heavy (non-hydrogen) atoms. The first-order valence-corrected chi connectivity index (χ1v) is 17.0. The Hall–Kier alpha value is -3.57. The molecule has 0 spiro atoms. The van der Waals surface area contributed by atoms with Gasteiger partial charge in [-0.3, -0.25) is 13.9 Å². The van der Waals surface area contributed by atoms with Crippen LogP contribution in [0.25, 0.3) is 0 Å². The van der Waals surface area contributed by atoms with Crippen LogP contribution < -0.4 is 19.1 Å². The summed E-state index contributed by atoms with van der Waals surface area (Å²) in [4.78, 5) is 29.4. The number of nitrogens with one attached hydrogen (secondary N) is 1. The van der Waals surface area contributed by atoms with E-state index in [1.165, 1.54) is 24.1 Å². The fourth-order valence-corrected chi connectivity index (χ4v) is 7.52. The van der Waals surface area contributed by atoms with Crippen LogP contribution in [-0.4, -0.2) is 58.0 Å². The van der Waals surface area contributed by atoms with E-state index < -0.39 is 28.5 Å². The Labute approximate surface area is 268 Å². The molecule has 11 heteroatoms. The number of halogens is 1. The highest BCUT2D eigenvalue weighted by Gasteiger charge is 2.34. The second kappa shape index (κ2) is 14.9. The number of hydrogen-bond donors (Lipinski definition) is 1. The minimum atomic E-state index is -4.21. The third-order valence-corrected chi connectivity index (χ3v) is 10.3. The first-order valence-electron chi connectivity index (χ1n) is 14.7. The van der Waals surface area contributed by atoms with Crippen molar-refractivity contribution in [2.24, 2.45) is 0 Å². The number of anilines is 1. The van der Waals surface area contributed by atoms with Gasteiger partial charge in [0.2, 0.25) is 11.8 Å². The molecule has 3 aromatic carbocycles. The van der Waals surface area contributed by atoms with Crippen LogP contribution in [0.3, 0.4) is 0 Å². The van der Waals surface area contributed by atoms with E-state index in [0.717, 1.165) is 41.1 Å². The van der Waals surface area contributed by atoms with Crippen LogP contribution in [0.15, 0.2) is 76.1 Å². The Morgan fingerprint density at radius 1 is 0.977 bits per heavy atom. The number of rotatable bonds is 13. The van der Waals surface area contributed by atoms with Gasteiger partial charge in [0.15, 0.2) is 0 Å². The molecule has 1 aliphatic rings. The lowest BCUT2D eigenvalue weighted by Gasteiger charge is -2.34. The van der Waals surface area contributed by atoms with Gasteiger partial charge in [0.05, 0.1) is 29.3 Å². The fraction of sp³-hybridized carbons (Fsp3) is 0.394. The minimum Gasteiger partial charge on any atom is -0.497 e. The quantitative estimate of drug-likeness (QED) is 0.243. The van der Waals surface area contributed by atoms with E-state index in [1.54, 1.807) is 49.6 Å². The monoisotopic (exact) mass is 685 g/mol. The maximum Gasteiger partial charge on any atom is 0.264 e. The predicted octanol–water partition coefficient (Wildman–Crippen LogP) is 5.84. The number of carbonyl (C=O) groups excluding carboxylic acids is 2. The summed E-state index contributed by atoms with van der Waals surface area (Å²) in [5.41, 5.74) is 2.07. The van der Waals surface area contributed by atoms with Crippen molar-refractivity contribution in [2.45, 2.75) is 69.5 Å². The van der Waals surface area contributed by atoms with Crippen molar-refractivity contribution < 1.29 is 27.5 Å². The average molecular weight is 687 g/mol. The Morgan fingerprint density at radius 3 is 2.20 bits per heavy atom. The second-order valence-electron chi connectivity index (χ2n) is 10.9. The Balaban J connectivity index is 1.72. The lowest BCUT2D eigenvalue weighted by Crippen LogP contribution is -2.53. The topological polar surface area (TPSA) is 105 Å². The van der Waals surface area contributed by atoms with Crippen LogP contribution in [-0.2, 0) is 26.2 Å². The molecule has 9 nitrogen and oxygen atoms in total. The van der Waals surface area contributed by atoms with Crippen molar-refractivity contribution in [3.05, 3.63) is 82.3 Å². The van der Waals surface area contributed by atoms with Gasteiger partial charge in [-0.05, 0) is 90.1 Å². The Morgan fingerprint density at radius 2 is 1.64 bits per heavy atom. The molecule has 1 fully saturated rings. The van der Waals surface area contributed by atoms with Gasteiger partial charge < -0.3 is 19.7 Å². The number of amides is 2. The zero-order valence-corrected chi connectivity index (χ0v) is 28.0. The molecule has 3 aromatic rings. The van der Waals surface area contributed by atoms with Gasteiger partial charge >= 0.3 is 0 Å². The molecule has 0 aromatic heterocycles. The number of aryl methyl sites for hydroxylation is 1. The van der Waals surface area contributed by atoms with E-state index >= 15 is 0 Å². The van der Waals surface area contributed by atoms with Crippen LogP contribution in [0.5, 0.6) is 11.5 Å². The zero-order valence-electron chi connectivity index (χ0n) is 25.6. The lowest BCUT2D eigenvalue weighted by atomic mass is 10.1. The summed E-state index contributed by atoms with van der Waals surface area (Å²) < 4.78 is 40.5. The van der Waals surface area contributed by atoms with Crippen molar-refractivity contribution in [1.29, 1.82) is 0 Å². The molecule has 1 aliphatic carbocycles. The molecule has 1 N–H and O–H groups in total. The van der Waals surface area contributed by atoms with E-state index in [4.69, 9.17) is 9.47 Å². The smallest absolute Gasteiger partial charge is 0.264 e. The zero-order chi connectivity index (χ0) is 31.9. The van der Waals surface area contributed by atoms with E-state index in [0.29, 0.717) is 28.1 Å². The van der Waals surface area contributed by atoms with Crippen LogP contribution in [0.1, 0.15) is 50.2 Å². The number of ether oxygens (including phenoxy) is 2. The summed E-state index contributed by atoms with van der Waals surface area (Å²) >= 11 is 3.38. The maximum atomic E-state index is 14.3. The summed E-state index contributed by atoms with van der Waals surface area (Å²) in [5, 5.41) is 3.13. The molecule has 0 aliphatic heterocycles. The van der Waals surface area contributed by atoms with Gasteiger partial charge in [-0.1, -0.05) is 49.6 Å². The largest absolute Gasteiger partial charge is 0.497 e. The third-order valence-electron chi connectivity index (χ3n) is 7.91. The van der Waals surface area contributed by atoms with Gasteiger partial charge in [0, 0.05) is 12.6 Å². The summed E-state index contributed by atoms with van der Waals surface area (Å²) in [6.45, 7) is 3.38. The van der Waals surface area contributed by atoms with E-state index in [9.17, 15) is 18.0 Å². The predicted molar refractivity (Wildman–Crippen MR) is 174 cm³/mol. The Kier molecular flexibility index (Phi) is 11.3. The number of sulfonamides is 1. The van der Waals surface area contributed by atoms with Crippen LogP contribution in [0, 0.1) is 6.92 Å². The first-order chi connectivity index (χ1) is 21.1. The molecule has 1 saturated carbocycles. The maximum absolute atomic E-state index is 14.3. The first kappa shape index (κ1) is 33.3. The molecular formula is C33H40BrN3O6S. The minimum absolute atomic E-state index is 0.00808. The highest BCUT2D eigenvalue weighted by molar-refractivity contribution is 9.10. The molecule has 0 heterocycles. The van der Waals surface area contributed by atoms with Gasteiger partial charge in [-0.15, -0.1) is 0 Å². The number of benzene rings is 3. The van der Waals surface area contributed by atoms with E-state index in [1.807, 2.05) is 26.0 Å². The summed E-state index contributed by atoms with van der Waals surface area (Å²) in [6, 6.07) is 18.0. The molecule has 2 amide bonds. The van der Waals surface area contributed by atoms with Gasteiger partial charge in [0.1, 0.15) is 24.1 Å². The standard InChI is InChI=1S/C33H40BrN3O6S/c1-5-30(33(39)35-25-8-6-7-9-25)36(21-24-12-16-27(42-3)17-13-24)32(38)22-37(26-14-10-23(2)11-15-26)44(40,41)28-18-19-31(43-4)29(34)20-28/h10-20,25,30H,5-9,21-22H2,1-4H3,(H,35,39)/t30-/m1/s1. The fourth-order valence-electron chi connectivity index (χ4n) is 5.39. The normalized spacial score (nSPS) is 14.1. The van der Waals surface area contributed by atoms with Crippen molar-refractivity contribution in [2.75, 3.05) is 25.1 Å². The molecule has 0 bridgehead atoms. The second-order valence-corrected chi connectivity index (χ2v) is 13.6. The van der Waals surface area contributed by atoms with Gasteiger partial charge in [0.25, 0.3) is 10.0 Å². The highest BCUT2D eigenvalue weighted by Crippen LogP contribution is 2.31. The van der Waals surface area contributed by atoms with Crippen LogP contribution in [0.2, 0.25) is 0 Å². The van der Waals surface area contributed by atoms with Gasteiger partial charge in [-0.2, -0.15) is 0 Å². The Bertz CT molecular complexity index is 1540. The van der Waals surface area contributed by atoms with Crippen molar-refractivity contribution in [3.63, 3.8) is 0 Å². The van der Waals surface area contributed by atoms with Crippen LogP contribution >= 0.6 is 15.9 Å². The number of methoxy groups -OCH3 is 2. The SMILES string of the molecule is CC[C@H](C(=O)NC1CCCC1)N(Cc1ccc(OC)cc1)C(=O)CN(c1ccc(C)cc1)S(=O)(=O)c1ccc(OC)c(Br)c1. The average Bonchev–Trinajstić information content (AvgIpc) is 3.53. The molecular weight excluding hydrogens is 646 g/mol. The van der Waals surface area contributed by atoms with Gasteiger partial charge in [-0.25, -0.2) is 8.42 Å². The van der Waals surface area contributed by atoms with E-state index in [-0.39, 0.29) is 23.4 Å². The number of nitrogens with zero attached hydrogens (tertiary/aromatic N) is 2. The molecule has 0 saturated heterocycles.